The molecule has 94 valence electrons. The zero-order valence-electron chi connectivity index (χ0n) is 10.6. The van der Waals surface area contributed by atoms with Crippen molar-refractivity contribution in [1.29, 1.82) is 0 Å². The number of amides is 1. The largest absolute Gasteiger partial charge is 0.466 e. The molecule has 0 unspecified atom stereocenters. The summed E-state index contributed by atoms with van der Waals surface area (Å²) in [6.45, 7) is 8.05. The van der Waals surface area contributed by atoms with E-state index in [4.69, 9.17) is 14.0 Å². The zero-order valence-corrected chi connectivity index (χ0v) is 10.6. The van der Waals surface area contributed by atoms with Gasteiger partial charge in [-0.1, -0.05) is 0 Å². The second-order valence-corrected chi connectivity index (χ2v) is 5.11. The fourth-order valence-electron chi connectivity index (χ4n) is 1.61. The Morgan fingerprint density at radius 2 is 2.18 bits per heavy atom. The number of carbonyl (C=O) groups excluding carboxylic acids is 1. The van der Waals surface area contributed by atoms with E-state index in [0.717, 1.165) is 16.9 Å². The van der Waals surface area contributed by atoms with Gasteiger partial charge >= 0.3 is 6.09 Å². The van der Waals surface area contributed by atoms with Crippen molar-refractivity contribution in [2.45, 2.75) is 46.4 Å². The van der Waals surface area contributed by atoms with Gasteiger partial charge in [0.05, 0.1) is 12.8 Å². The number of rotatable bonds is 0. The Morgan fingerprint density at radius 1 is 1.47 bits per heavy atom. The molecule has 0 aliphatic carbocycles. The molecule has 1 aromatic heterocycles. The molecule has 5 nitrogen and oxygen atoms in total. The SMILES string of the molecule is Cc1coc2c1CN(C(=O)OC(C)(C)C)OC2. The van der Waals surface area contributed by atoms with Crippen molar-refractivity contribution in [3.63, 3.8) is 0 Å². The summed E-state index contributed by atoms with van der Waals surface area (Å²) in [5.41, 5.74) is 1.51. The average molecular weight is 239 g/mol. The number of hydrogen-bond acceptors (Lipinski definition) is 4. The lowest BCUT2D eigenvalue weighted by Crippen LogP contribution is -2.38. The minimum atomic E-state index is -0.522. The van der Waals surface area contributed by atoms with Crippen LogP contribution in [0.1, 0.15) is 37.7 Å². The smallest absolute Gasteiger partial charge is 0.434 e. The number of carbonyl (C=O) groups is 1. The second kappa shape index (κ2) is 4.07. The Hall–Kier alpha value is -1.49. The van der Waals surface area contributed by atoms with E-state index >= 15 is 0 Å². The fourth-order valence-corrected chi connectivity index (χ4v) is 1.61. The molecule has 0 spiro atoms. The van der Waals surface area contributed by atoms with Crippen molar-refractivity contribution < 1.29 is 18.8 Å². The van der Waals surface area contributed by atoms with Crippen LogP contribution in [0.3, 0.4) is 0 Å². The number of nitrogens with zero attached hydrogens (tertiary/aromatic N) is 1. The molecule has 0 N–H and O–H groups in total. The van der Waals surface area contributed by atoms with Gasteiger partial charge in [0.1, 0.15) is 18.0 Å². The predicted octanol–water partition coefficient (Wildman–Crippen LogP) is 2.77. The molecule has 5 heteroatoms. The molecule has 0 fully saturated rings. The van der Waals surface area contributed by atoms with Gasteiger partial charge in [-0.25, -0.2) is 4.79 Å². The highest BCUT2D eigenvalue weighted by Crippen LogP contribution is 2.25. The lowest BCUT2D eigenvalue weighted by atomic mass is 10.1. The van der Waals surface area contributed by atoms with Gasteiger partial charge in [0.2, 0.25) is 0 Å². The van der Waals surface area contributed by atoms with Crippen LogP contribution in [0.15, 0.2) is 10.7 Å². The Morgan fingerprint density at radius 3 is 2.82 bits per heavy atom. The number of furan rings is 1. The normalized spacial score (nSPS) is 15.6. The van der Waals surface area contributed by atoms with E-state index in [9.17, 15) is 4.79 Å². The molecule has 0 atom stereocenters. The first-order valence-electron chi connectivity index (χ1n) is 5.56. The average Bonchev–Trinajstić information content (AvgIpc) is 2.57. The van der Waals surface area contributed by atoms with Crippen molar-refractivity contribution in [3.8, 4) is 0 Å². The Kier molecular flexibility index (Phi) is 2.87. The van der Waals surface area contributed by atoms with Crippen LogP contribution in [0.2, 0.25) is 0 Å². The molecular weight excluding hydrogens is 222 g/mol. The van der Waals surface area contributed by atoms with Crippen LogP contribution in [0.5, 0.6) is 0 Å². The lowest BCUT2D eigenvalue weighted by Gasteiger charge is -2.28. The third kappa shape index (κ3) is 2.61. The Bertz CT molecular complexity index is 430. The van der Waals surface area contributed by atoms with Crippen LogP contribution < -0.4 is 0 Å². The number of ether oxygens (including phenoxy) is 1. The van der Waals surface area contributed by atoms with Gasteiger partial charge in [0.15, 0.2) is 0 Å². The highest BCUT2D eigenvalue weighted by molar-refractivity contribution is 5.67. The molecule has 0 aromatic carbocycles. The lowest BCUT2D eigenvalue weighted by molar-refractivity contribution is -0.175. The van der Waals surface area contributed by atoms with Gasteiger partial charge in [0, 0.05) is 5.56 Å². The summed E-state index contributed by atoms with van der Waals surface area (Å²) in [6, 6.07) is 0. The van der Waals surface area contributed by atoms with Crippen LogP contribution in [0, 0.1) is 6.92 Å². The van der Waals surface area contributed by atoms with Crippen LogP contribution in [0.4, 0.5) is 4.79 Å². The van der Waals surface area contributed by atoms with E-state index in [1.807, 2.05) is 27.7 Å². The first-order chi connectivity index (χ1) is 7.87. The summed E-state index contributed by atoms with van der Waals surface area (Å²) >= 11 is 0. The summed E-state index contributed by atoms with van der Waals surface area (Å²) in [4.78, 5) is 17.1. The highest BCUT2D eigenvalue weighted by Gasteiger charge is 2.29. The topological polar surface area (TPSA) is 51.9 Å². The number of hydrogen-bond donors (Lipinski definition) is 0. The molecule has 0 saturated carbocycles. The van der Waals surface area contributed by atoms with Crippen LogP contribution in [-0.4, -0.2) is 16.8 Å². The summed E-state index contributed by atoms with van der Waals surface area (Å²) in [6.07, 6.45) is 1.20. The molecule has 0 saturated heterocycles. The van der Waals surface area contributed by atoms with E-state index < -0.39 is 11.7 Å². The number of aryl methyl sites for hydroxylation is 1. The van der Waals surface area contributed by atoms with Crippen LogP contribution in [-0.2, 0) is 22.7 Å². The predicted molar refractivity (Wildman–Crippen MR) is 60.0 cm³/mol. The molecule has 2 rings (SSSR count). The summed E-state index contributed by atoms with van der Waals surface area (Å²) in [7, 11) is 0. The maximum atomic E-state index is 11.8. The monoisotopic (exact) mass is 239 g/mol. The van der Waals surface area contributed by atoms with Gasteiger partial charge in [-0.3, -0.25) is 4.84 Å². The Balaban J connectivity index is 2.07. The molecular formula is C12H17NO4. The maximum absolute atomic E-state index is 11.8. The number of fused-ring (bicyclic) bond motifs is 1. The molecule has 0 radical (unpaired) electrons. The molecule has 1 aliphatic heterocycles. The van der Waals surface area contributed by atoms with E-state index in [2.05, 4.69) is 0 Å². The molecule has 1 aliphatic rings. The van der Waals surface area contributed by atoms with E-state index in [0.29, 0.717) is 6.54 Å². The maximum Gasteiger partial charge on any atom is 0.434 e. The molecule has 0 bridgehead atoms. The van der Waals surface area contributed by atoms with Gasteiger partial charge in [-0.15, -0.1) is 0 Å². The minimum Gasteiger partial charge on any atom is -0.466 e. The van der Waals surface area contributed by atoms with Crippen LogP contribution in [0.25, 0.3) is 0 Å². The van der Waals surface area contributed by atoms with Crippen molar-refractivity contribution in [2.75, 3.05) is 0 Å². The number of hydroxylamine groups is 2. The first-order valence-corrected chi connectivity index (χ1v) is 5.56. The third-order valence-corrected chi connectivity index (χ3v) is 2.44. The highest BCUT2D eigenvalue weighted by atomic mass is 16.7. The summed E-state index contributed by atoms with van der Waals surface area (Å²) in [5, 5.41) is 1.23. The third-order valence-electron chi connectivity index (χ3n) is 2.44. The summed E-state index contributed by atoms with van der Waals surface area (Å²) in [5.74, 6) is 0.780. The van der Waals surface area contributed by atoms with Crippen molar-refractivity contribution >= 4 is 6.09 Å². The van der Waals surface area contributed by atoms with Gasteiger partial charge in [-0.05, 0) is 33.3 Å². The van der Waals surface area contributed by atoms with Crippen molar-refractivity contribution in [1.82, 2.24) is 5.06 Å². The second-order valence-electron chi connectivity index (χ2n) is 5.11. The van der Waals surface area contributed by atoms with Gasteiger partial charge in [-0.2, -0.15) is 5.06 Å². The quantitative estimate of drug-likeness (QED) is 0.698. The molecule has 17 heavy (non-hydrogen) atoms. The first kappa shape index (κ1) is 12.0. The van der Waals surface area contributed by atoms with Gasteiger partial charge in [0.25, 0.3) is 0 Å². The van der Waals surface area contributed by atoms with Gasteiger partial charge < -0.3 is 9.15 Å². The zero-order chi connectivity index (χ0) is 12.6. The van der Waals surface area contributed by atoms with Crippen molar-refractivity contribution in [2.24, 2.45) is 0 Å². The fraction of sp³-hybridized carbons (Fsp3) is 0.583. The van der Waals surface area contributed by atoms with E-state index in [1.54, 1.807) is 6.26 Å². The van der Waals surface area contributed by atoms with Crippen molar-refractivity contribution in [3.05, 3.63) is 23.2 Å². The molecule has 1 amide bonds. The molecule has 2 heterocycles. The van der Waals surface area contributed by atoms with Crippen LogP contribution >= 0.6 is 0 Å². The standard InChI is InChI=1S/C12H17NO4/c1-8-6-15-10-7-16-13(5-9(8)10)11(14)17-12(2,3)4/h6H,5,7H2,1-4H3. The molecule has 1 aromatic rings. The van der Waals surface area contributed by atoms with E-state index in [1.165, 1.54) is 5.06 Å². The van der Waals surface area contributed by atoms with E-state index in [-0.39, 0.29) is 6.61 Å². The Labute approximate surface area is 100 Å². The summed E-state index contributed by atoms with van der Waals surface area (Å²) < 4.78 is 10.6. The minimum absolute atomic E-state index is 0.266.